The highest BCUT2D eigenvalue weighted by molar-refractivity contribution is 4.56. The molecule has 0 unspecified atom stereocenters. The van der Waals surface area contributed by atoms with Crippen LogP contribution in [0.5, 0.6) is 0 Å². The van der Waals surface area contributed by atoms with E-state index in [0.29, 0.717) is 13.0 Å². The molecule has 0 amide bonds. The van der Waals surface area contributed by atoms with E-state index < -0.39 is 0 Å². The summed E-state index contributed by atoms with van der Waals surface area (Å²) in [5.41, 5.74) is 5.41. The lowest BCUT2D eigenvalue weighted by Gasteiger charge is -2.05. The molecule has 8 heavy (non-hydrogen) atoms. The van der Waals surface area contributed by atoms with Crippen molar-refractivity contribution >= 4 is 0 Å². The van der Waals surface area contributed by atoms with E-state index in [4.69, 9.17) is 15.6 Å². The fourth-order valence-corrected chi connectivity index (χ4v) is 0.463. The Labute approximate surface area is 49.4 Å². The molecule has 0 heterocycles. The van der Waals surface area contributed by atoms with Crippen LogP contribution in [0.25, 0.3) is 0 Å². The number of rotatable bonds is 4. The van der Waals surface area contributed by atoms with Crippen molar-refractivity contribution in [3.05, 3.63) is 0 Å². The minimum atomic E-state index is -0.00926. The molecule has 50 valence electrons. The molecule has 0 saturated heterocycles. The molecule has 3 heteroatoms. The molecule has 1 atom stereocenters. The van der Waals surface area contributed by atoms with Gasteiger partial charge in [-0.25, -0.2) is 0 Å². The molecule has 0 aliphatic carbocycles. The lowest BCUT2D eigenvalue weighted by atomic mass is 10.2. The maximum Gasteiger partial charge on any atom is 0.0614 e. The number of methoxy groups -OCH3 is 1. The largest absolute Gasteiger partial charge is 0.396 e. The van der Waals surface area contributed by atoms with E-state index in [2.05, 4.69) is 0 Å². The van der Waals surface area contributed by atoms with Crippen molar-refractivity contribution in [2.45, 2.75) is 12.5 Å². The van der Waals surface area contributed by atoms with Crippen LogP contribution in [-0.4, -0.2) is 31.5 Å². The highest BCUT2D eigenvalue weighted by atomic mass is 16.5. The van der Waals surface area contributed by atoms with E-state index in [1.165, 1.54) is 0 Å². The second-order valence-electron chi connectivity index (χ2n) is 1.73. The first kappa shape index (κ1) is 7.88. The third-order valence-electron chi connectivity index (χ3n) is 0.881. The quantitative estimate of drug-likeness (QED) is 0.516. The molecule has 0 rings (SSSR count). The van der Waals surface area contributed by atoms with Gasteiger partial charge in [-0.15, -0.1) is 0 Å². The van der Waals surface area contributed by atoms with Gasteiger partial charge in [-0.2, -0.15) is 0 Å². The van der Waals surface area contributed by atoms with Crippen LogP contribution in [0.4, 0.5) is 0 Å². The highest BCUT2D eigenvalue weighted by Gasteiger charge is 1.97. The molecule has 0 saturated carbocycles. The zero-order valence-electron chi connectivity index (χ0n) is 5.13. The minimum absolute atomic E-state index is 0.00926. The van der Waals surface area contributed by atoms with Gasteiger partial charge in [-0.3, -0.25) is 0 Å². The van der Waals surface area contributed by atoms with E-state index in [9.17, 15) is 0 Å². The van der Waals surface area contributed by atoms with Crippen LogP contribution >= 0.6 is 0 Å². The summed E-state index contributed by atoms with van der Waals surface area (Å²) < 4.78 is 4.72. The van der Waals surface area contributed by atoms with Crippen LogP contribution in [-0.2, 0) is 4.74 Å². The summed E-state index contributed by atoms with van der Waals surface area (Å²) in [6.07, 6.45) is 0.619. The van der Waals surface area contributed by atoms with Crippen LogP contribution in [0.1, 0.15) is 6.42 Å². The van der Waals surface area contributed by atoms with Crippen molar-refractivity contribution in [1.29, 1.82) is 0 Å². The molecular weight excluding hydrogens is 106 g/mol. The first-order valence-electron chi connectivity index (χ1n) is 2.66. The lowest BCUT2D eigenvalue weighted by Crippen LogP contribution is -2.26. The molecule has 0 radical (unpaired) electrons. The average molecular weight is 119 g/mol. The maximum absolute atomic E-state index is 8.33. The minimum Gasteiger partial charge on any atom is -0.396 e. The van der Waals surface area contributed by atoms with Gasteiger partial charge in [-0.1, -0.05) is 0 Å². The molecule has 0 aromatic carbocycles. The number of nitrogens with two attached hydrogens (primary N) is 1. The van der Waals surface area contributed by atoms with Crippen LogP contribution in [0.15, 0.2) is 0 Å². The van der Waals surface area contributed by atoms with Gasteiger partial charge in [0.25, 0.3) is 0 Å². The fourth-order valence-electron chi connectivity index (χ4n) is 0.463. The first-order chi connectivity index (χ1) is 3.81. The zero-order chi connectivity index (χ0) is 6.41. The van der Waals surface area contributed by atoms with E-state index in [-0.39, 0.29) is 12.6 Å². The van der Waals surface area contributed by atoms with E-state index >= 15 is 0 Å². The molecule has 3 N–H and O–H groups in total. The summed E-state index contributed by atoms with van der Waals surface area (Å²) >= 11 is 0. The zero-order valence-corrected chi connectivity index (χ0v) is 5.13. The second kappa shape index (κ2) is 5.03. The Balaban J connectivity index is 2.92. The Bertz CT molecular complexity index is 43.7. The molecule has 0 bridgehead atoms. The lowest BCUT2D eigenvalue weighted by molar-refractivity contribution is 0.164. The summed E-state index contributed by atoms with van der Waals surface area (Å²) in [5, 5.41) is 8.33. The highest BCUT2D eigenvalue weighted by Crippen LogP contribution is 1.84. The van der Waals surface area contributed by atoms with Crippen LogP contribution in [0.2, 0.25) is 0 Å². The molecule has 0 aromatic rings. The van der Waals surface area contributed by atoms with Crippen molar-refractivity contribution < 1.29 is 9.84 Å². The predicted molar refractivity (Wildman–Crippen MR) is 31.6 cm³/mol. The first-order valence-corrected chi connectivity index (χ1v) is 2.66. The number of aliphatic hydroxyl groups is 1. The van der Waals surface area contributed by atoms with Gasteiger partial charge in [0.05, 0.1) is 6.61 Å². The number of ether oxygens (including phenoxy) is 1. The van der Waals surface area contributed by atoms with Gasteiger partial charge in [-0.05, 0) is 6.42 Å². The summed E-state index contributed by atoms with van der Waals surface area (Å²) in [6.45, 7) is 0.672. The third-order valence-corrected chi connectivity index (χ3v) is 0.881. The van der Waals surface area contributed by atoms with Gasteiger partial charge < -0.3 is 15.6 Å². The number of hydrogen-bond acceptors (Lipinski definition) is 3. The molecular formula is C5H13NO2. The normalized spacial score (nSPS) is 13.9. The van der Waals surface area contributed by atoms with Crippen molar-refractivity contribution in [2.24, 2.45) is 5.73 Å². The molecule has 0 fully saturated rings. The van der Waals surface area contributed by atoms with Crippen LogP contribution in [0.3, 0.4) is 0 Å². The topological polar surface area (TPSA) is 55.5 Å². The Hall–Kier alpha value is -0.120. The van der Waals surface area contributed by atoms with Crippen molar-refractivity contribution in [2.75, 3.05) is 20.3 Å². The van der Waals surface area contributed by atoms with Gasteiger partial charge in [0.1, 0.15) is 0 Å². The van der Waals surface area contributed by atoms with E-state index in [0.717, 1.165) is 0 Å². The Kier molecular flexibility index (Phi) is 4.95. The predicted octanol–water partition coefficient (Wildman–Crippen LogP) is -0.657. The molecule has 3 nitrogen and oxygen atoms in total. The monoisotopic (exact) mass is 119 g/mol. The molecule has 0 spiro atoms. The van der Waals surface area contributed by atoms with Gasteiger partial charge in [0.15, 0.2) is 0 Å². The third kappa shape index (κ3) is 4.05. The van der Waals surface area contributed by atoms with Gasteiger partial charge >= 0.3 is 0 Å². The standard InChI is InChI=1S/C5H13NO2/c1-8-4-5(6)2-3-7/h5,7H,2-4,6H2,1H3/t5-/m0/s1. The van der Waals surface area contributed by atoms with E-state index in [1.54, 1.807) is 7.11 Å². The SMILES string of the molecule is COC[C@@H](N)CCO. The Morgan fingerprint density at radius 1 is 1.75 bits per heavy atom. The molecule has 0 aliphatic heterocycles. The Morgan fingerprint density at radius 3 is 2.75 bits per heavy atom. The maximum atomic E-state index is 8.33. The summed E-state index contributed by atoms with van der Waals surface area (Å²) in [6, 6.07) is -0.00926. The van der Waals surface area contributed by atoms with Crippen LogP contribution < -0.4 is 5.73 Å². The van der Waals surface area contributed by atoms with Crippen molar-refractivity contribution in [1.82, 2.24) is 0 Å². The van der Waals surface area contributed by atoms with Crippen LogP contribution in [0, 0.1) is 0 Å². The van der Waals surface area contributed by atoms with Crippen molar-refractivity contribution in [3.63, 3.8) is 0 Å². The van der Waals surface area contributed by atoms with E-state index in [1.807, 2.05) is 0 Å². The van der Waals surface area contributed by atoms with Crippen molar-refractivity contribution in [3.8, 4) is 0 Å². The number of hydrogen-bond donors (Lipinski definition) is 2. The summed E-state index contributed by atoms with van der Waals surface area (Å²) in [4.78, 5) is 0. The summed E-state index contributed by atoms with van der Waals surface area (Å²) in [7, 11) is 1.59. The second-order valence-corrected chi connectivity index (χ2v) is 1.73. The summed E-state index contributed by atoms with van der Waals surface area (Å²) in [5.74, 6) is 0. The Morgan fingerprint density at radius 2 is 2.38 bits per heavy atom. The number of aliphatic hydroxyl groups excluding tert-OH is 1. The average Bonchev–Trinajstić information content (AvgIpc) is 1.68. The van der Waals surface area contributed by atoms with Gasteiger partial charge in [0, 0.05) is 19.8 Å². The smallest absolute Gasteiger partial charge is 0.0614 e. The molecule has 0 aromatic heterocycles. The molecule has 0 aliphatic rings. The fraction of sp³-hybridized carbons (Fsp3) is 1.00. The van der Waals surface area contributed by atoms with Gasteiger partial charge in [0.2, 0.25) is 0 Å².